The monoisotopic (exact) mass is 316 g/mol. The van der Waals surface area contributed by atoms with Crippen LogP contribution < -0.4 is 0 Å². The van der Waals surface area contributed by atoms with Gasteiger partial charge in [0.2, 0.25) is 0 Å². The quantitative estimate of drug-likeness (QED) is 0.688. The number of fused-ring (bicyclic) bond motifs is 2. The van der Waals surface area contributed by atoms with E-state index in [0.29, 0.717) is 11.8 Å². The molecule has 6 aliphatic carbocycles. The second kappa shape index (κ2) is 4.76. The summed E-state index contributed by atoms with van der Waals surface area (Å²) in [6, 6.07) is 0. The van der Waals surface area contributed by atoms with Crippen molar-refractivity contribution in [2.24, 2.45) is 40.9 Å². The van der Waals surface area contributed by atoms with Crippen LogP contribution in [0.15, 0.2) is 0 Å². The van der Waals surface area contributed by atoms with E-state index in [1.807, 2.05) is 0 Å². The molecule has 0 radical (unpaired) electrons. The maximum absolute atomic E-state index is 13.4. The first kappa shape index (κ1) is 14.8. The average molecular weight is 316 g/mol. The maximum atomic E-state index is 13.4. The molecule has 0 unspecified atom stereocenters. The fraction of sp³-hybridized carbons (Fsp3) is 0.952. The molecule has 6 rings (SSSR count). The minimum Gasteiger partial charge on any atom is -0.458 e. The molecule has 0 heterocycles. The third-order valence-electron chi connectivity index (χ3n) is 8.57. The molecule has 6 bridgehead atoms. The highest BCUT2D eigenvalue weighted by molar-refractivity contribution is 5.78. The van der Waals surface area contributed by atoms with Crippen molar-refractivity contribution in [1.29, 1.82) is 0 Å². The van der Waals surface area contributed by atoms with Crippen molar-refractivity contribution in [2.75, 3.05) is 0 Å². The molecular weight excluding hydrogens is 284 g/mol. The van der Waals surface area contributed by atoms with Gasteiger partial charge in [-0.15, -0.1) is 0 Å². The summed E-state index contributed by atoms with van der Waals surface area (Å²) < 4.78 is 6.54. The van der Waals surface area contributed by atoms with Crippen LogP contribution in [0.5, 0.6) is 0 Å². The van der Waals surface area contributed by atoms with Crippen LogP contribution in [-0.4, -0.2) is 11.6 Å². The molecule has 6 aliphatic rings. The van der Waals surface area contributed by atoms with Gasteiger partial charge in [0.05, 0.1) is 5.41 Å². The van der Waals surface area contributed by atoms with E-state index in [2.05, 4.69) is 13.8 Å². The van der Waals surface area contributed by atoms with Crippen LogP contribution >= 0.6 is 0 Å². The van der Waals surface area contributed by atoms with Crippen LogP contribution in [-0.2, 0) is 9.53 Å². The Hall–Kier alpha value is -0.530. The third-order valence-corrected chi connectivity index (χ3v) is 8.57. The van der Waals surface area contributed by atoms with E-state index in [-0.39, 0.29) is 17.0 Å². The standard InChI is InChI=1S/C21H32O2/c1-13(2)21(12-14-3-4-18(21)8-14)23-19(22)20-9-15-5-16(10-20)7-17(6-15)11-20/h13-18H,3-12H2,1-2H3/t14-,15?,16?,17?,18+,20?,21-/m0/s1. The summed E-state index contributed by atoms with van der Waals surface area (Å²) in [5.74, 6) is 4.63. The van der Waals surface area contributed by atoms with Crippen molar-refractivity contribution in [2.45, 2.75) is 83.7 Å². The van der Waals surface area contributed by atoms with Gasteiger partial charge in [0, 0.05) is 0 Å². The Morgan fingerprint density at radius 2 is 1.48 bits per heavy atom. The van der Waals surface area contributed by atoms with Crippen LogP contribution in [0.2, 0.25) is 0 Å². The summed E-state index contributed by atoms with van der Waals surface area (Å²) in [7, 11) is 0. The Kier molecular flexibility index (Phi) is 3.06. The number of carbonyl (C=O) groups excluding carboxylic acids is 1. The molecule has 0 spiro atoms. The zero-order chi connectivity index (χ0) is 15.8. The van der Waals surface area contributed by atoms with E-state index in [4.69, 9.17) is 4.74 Å². The molecule has 0 aromatic heterocycles. The lowest BCUT2D eigenvalue weighted by Gasteiger charge is -2.56. The van der Waals surface area contributed by atoms with Gasteiger partial charge in [-0.2, -0.15) is 0 Å². The molecule has 3 atom stereocenters. The third kappa shape index (κ3) is 2.02. The van der Waals surface area contributed by atoms with Crippen molar-refractivity contribution >= 4 is 5.97 Å². The number of esters is 1. The molecule has 0 aromatic rings. The van der Waals surface area contributed by atoms with Gasteiger partial charge in [0.25, 0.3) is 0 Å². The van der Waals surface area contributed by atoms with E-state index in [9.17, 15) is 4.79 Å². The first-order valence-corrected chi connectivity index (χ1v) is 10.2. The molecule has 0 amide bonds. The van der Waals surface area contributed by atoms with Gasteiger partial charge in [0.15, 0.2) is 0 Å². The maximum Gasteiger partial charge on any atom is 0.312 e. The fourth-order valence-electron chi connectivity index (χ4n) is 7.91. The number of rotatable bonds is 3. The molecule has 6 fully saturated rings. The van der Waals surface area contributed by atoms with Gasteiger partial charge in [0.1, 0.15) is 5.60 Å². The average Bonchev–Trinajstić information content (AvgIpc) is 3.07. The molecule has 2 heteroatoms. The minimum atomic E-state index is -0.122. The van der Waals surface area contributed by atoms with E-state index >= 15 is 0 Å². The minimum absolute atomic E-state index is 0.0848. The molecule has 23 heavy (non-hydrogen) atoms. The van der Waals surface area contributed by atoms with E-state index < -0.39 is 0 Å². The van der Waals surface area contributed by atoms with Gasteiger partial charge in [-0.05, 0) is 99.7 Å². The van der Waals surface area contributed by atoms with Gasteiger partial charge in [-0.1, -0.05) is 13.8 Å². The van der Waals surface area contributed by atoms with Gasteiger partial charge >= 0.3 is 5.97 Å². The lowest BCUT2D eigenvalue weighted by Crippen LogP contribution is -2.54. The van der Waals surface area contributed by atoms with Crippen LogP contribution in [0.4, 0.5) is 0 Å². The molecule has 0 aromatic carbocycles. The summed E-state index contributed by atoms with van der Waals surface area (Å²) >= 11 is 0. The summed E-state index contributed by atoms with van der Waals surface area (Å²) in [5, 5.41) is 0. The van der Waals surface area contributed by atoms with E-state index in [1.54, 1.807) is 0 Å². The van der Waals surface area contributed by atoms with Crippen molar-refractivity contribution < 1.29 is 9.53 Å². The highest BCUT2D eigenvalue weighted by atomic mass is 16.6. The summed E-state index contributed by atoms with van der Waals surface area (Å²) in [6.45, 7) is 4.57. The highest BCUT2D eigenvalue weighted by Crippen LogP contribution is 2.62. The highest BCUT2D eigenvalue weighted by Gasteiger charge is 2.60. The van der Waals surface area contributed by atoms with Crippen LogP contribution in [0.3, 0.4) is 0 Å². The number of hydrogen-bond donors (Lipinski definition) is 0. The summed E-state index contributed by atoms with van der Waals surface area (Å²) in [6.07, 6.45) is 12.7. The Morgan fingerprint density at radius 1 is 0.870 bits per heavy atom. The summed E-state index contributed by atoms with van der Waals surface area (Å²) in [4.78, 5) is 13.4. The molecule has 6 saturated carbocycles. The topological polar surface area (TPSA) is 26.3 Å². The Bertz CT molecular complexity index is 487. The van der Waals surface area contributed by atoms with Gasteiger partial charge in [-0.3, -0.25) is 4.79 Å². The molecule has 0 aliphatic heterocycles. The largest absolute Gasteiger partial charge is 0.458 e. The first-order valence-electron chi connectivity index (χ1n) is 10.2. The van der Waals surface area contributed by atoms with Crippen molar-refractivity contribution in [1.82, 2.24) is 0 Å². The number of carbonyl (C=O) groups is 1. The summed E-state index contributed by atoms with van der Waals surface area (Å²) in [5.41, 5.74) is -0.207. The van der Waals surface area contributed by atoms with Crippen molar-refractivity contribution in [3.8, 4) is 0 Å². The van der Waals surface area contributed by atoms with Crippen molar-refractivity contribution in [3.05, 3.63) is 0 Å². The molecule has 128 valence electrons. The predicted octanol–water partition coefficient (Wildman–Crippen LogP) is 4.96. The lowest BCUT2D eigenvalue weighted by atomic mass is 9.49. The zero-order valence-corrected chi connectivity index (χ0v) is 14.9. The number of hydrogen-bond acceptors (Lipinski definition) is 2. The zero-order valence-electron chi connectivity index (χ0n) is 14.9. The molecule has 0 saturated heterocycles. The Labute approximate surface area is 140 Å². The first-order chi connectivity index (χ1) is 11.0. The molecule has 0 N–H and O–H groups in total. The molecule has 2 nitrogen and oxygen atoms in total. The van der Waals surface area contributed by atoms with Crippen LogP contribution in [0.1, 0.15) is 78.1 Å². The second-order valence-corrected chi connectivity index (χ2v) is 10.3. The molecular formula is C21H32O2. The van der Waals surface area contributed by atoms with Crippen LogP contribution in [0, 0.1) is 40.9 Å². The number of ether oxygens (including phenoxy) is 1. The van der Waals surface area contributed by atoms with Gasteiger partial charge < -0.3 is 4.74 Å². The smallest absolute Gasteiger partial charge is 0.312 e. The van der Waals surface area contributed by atoms with E-state index in [1.165, 1.54) is 38.5 Å². The lowest BCUT2D eigenvalue weighted by molar-refractivity contribution is -0.198. The van der Waals surface area contributed by atoms with Gasteiger partial charge in [-0.25, -0.2) is 0 Å². The fourth-order valence-corrected chi connectivity index (χ4v) is 7.91. The van der Waals surface area contributed by atoms with Crippen LogP contribution in [0.25, 0.3) is 0 Å². The normalized spacial score (nSPS) is 53.3. The predicted molar refractivity (Wildman–Crippen MR) is 89.7 cm³/mol. The van der Waals surface area contributed by atoms with Crippen molar-refractivity contribution in [3.63, 3.8) is 0 Å². The van der Waals surface area contributed by atoms with E-state index in [0.717, 1.165) is 49.4 Å². The second-order valence-electron chi connectivity index (χ2n) is 10.3. The Balaban J connectivity index is 1.40. The Morgan fingerprint density at radius 3 is 1.91 bits per heavy atom. The SMILES string of the molecule is CC(C)[C@@]1(OC(=O)C23CC4CC(CC(C4)C2)C3)C[C@H]2CC[C@@H]1C2.